The van der Waals surface area contributed by atoms with Gasteiger partial charge in [-0.25, -0.2) is 5.01 Å². The van der Waals surface area contributed by atoms with Crippen LogP contribution in [-0.2, 0) is 11.3 Å². The van der Waals surface area contributed by atoms with Crippen LogP contribution in [0.1, 0.15) is 109 Å². The molecule has 2 aromatic rings. The standard InChI is InChI=1S/C34H51N5O3/c1-6-39(27-12-16-42-17-13-27)31-20-26(30-22-36-38(5)34(30)14-10-8-7-9-11-15-34)19-28(25(31)4)32(40)35-21-29-23(2)18-24(3)37-33(29)41/h18-20,27,30,36H,6-17,21-22H2,1-5H3,(H,35,40)(H,37,41). The second-order valence-corrected chi connectivity index (χ2v) is 12.8. The Morgan fingerprint density at radius 1 is 1.07 bits per heavy atom. The van der Waals surface area contributed by atoms with E-state index in [4.69, 9.17) is 4.74 Å². The van der Waals surface area contributed by atoms with Crippen LogP contribution in [-0.4, -0.2) is 60.8 Å². The number of hydrazine groups is 1. The van der Waals surface area contributed by atoms with E-state index in [2.05, 4.69) is 58.7 Å². The number of hydrogen-bond acceptors (Lipinski definition) is 6. The van der Waals surface area contributed by atoms with Gasteiger partial charge >= 0.3 is 0 Å². The van der Waals surface area contributed by atoms with Crippen LogP contribution < -0.4 is 21.2 Å². The molecular formula is C34H51N5O3. The Labute approximate surface area is 251 Å². The minimum absolute atomic E-state index is 0.0444. The van der Waals surface area contributed by atoms with Crippen molar-refractivity contribution in [2.24, 2.45) is 0 Å². The Morgan fingerprint density at radius 2 is 1.76 bits per heavy atom. The van der Waals surface area contributed by atoms with Gasteiger partial charge in [0.25, 0.3) is 11.5 Å². The average Bonchev–Trinajstić information content (AvgIpc) is 3.27. The summed E-state index contributed by atoms with van der Waals surface area (Å²) in [6.07, 6.45) is 10.7. The third kappa shape index (κ3) is 6.17. The molecule has 3 aliphatic rings. The Balaban J connectivity index is 1.55. The van der Waals surface area contributed by atoms with Crippen molar-refractivity contribution in [2.45, 2.75) is 110 Å². The molecule has 42 heavy (non-hydrogen) atoms. The summed E-state index contributed by atoms with van der Waals surface area (Å²) in [6.45, 7) is 11.6. The summed E-state index contributed by atoms with van der Waals surface area (Å²) in [5, 5.41) is 5.51. The number of aromatic nitrogens is 1. The maximum Gasteiger partial charge on any atom is 0.253 e. The van der Waals surface area contributed by atoms with E-state index in [1.165, 1.54) is 50.5 Å². The molecule has 5 rings (SSSR count). The molecule has 3 fully saturated rings. The number of anilines is 1. The SMILES string of the molecule is CCN(c1cc(C2CNN(C)C23CCCCCCC3)cc(C(=O)NCc2c(C)cc(C)[nH]c2=O)c1C)C1CCOCC1. The summed E-state index contributed by atoms with van der Waals surface area (Å²) in [4.78, 5) is 32.0. The van der Waals surface area contributed by atoms with Gasteiger partial charge in [-0.1, -0.05) is 32.1 Å². The normalized spacial score (nSPS) is 21.7. The fourth-order valence-corrected chi connectivity index (χ4v) is 7.88. The van der Waals surface area contributed by atoms with E-state index in [1.807, 2.05) is 19.9 Å². The average molecular weight is 578 g/mol. The summed E-state index contributed by atoms with van der Waals surface area (Å²) >= 11 is 0. The van der Waals surface area contributed by atoms with E-state index < -0.39 is 0 Å². The van der Waals surface area contributed by atoms with E-state index in [1.54, 1.807) is 0 Å². The first kappa shape index (κ1) is 30.8. The zero-order chi connectivity index (χ0) is 29.9. The highest BCUT2D eigenvalue weighted by Gasteiger charge is 2.47. The molecule has 1 atom stereocenters. The molecule has 1 amide bonds. The van der Waals surface area contributed by atoms with Gasteiger partial charge in [-0.05, 0) is 88.3 Å². The molecule has 1 unspecified atom stereocenters. The van der Waals surface area contributed by atoms with Crippen molar-refractivity contribution in [3.8, 4) is 0 Å². The van der Waals surface area contributed by atoms with E-state index in [0.717, 1.165) is 61.7 Å². The van der Waals surface area contributed by atoms with E-state index in [9.17, 15) is 9.59 Å². The molecule has 8 nitrogen and oxygen atoms in total. The quantitative estimate of drug-likeness (QED) is 0.417. The van der Waals surface area contributed by atoms with Crippen LogP contribution in [0.3, 0.4) is 0 Å². The third-order valence-corrected chi connectivity index (χ3v) is 10.3. The molecule has 1 spiro atoms. The van der Waals surface area contributed by atoms with Gasteiger partial charge in [0.2, 0.25) is 0 Å². The van der Waals surface area contributed by atoms with Crippen LogP contribution in [0.4, 0.5) is 5.69 Å². The van der Waals surface area contributed by atoms with Crippen molar-refractivity contribution < 1.29 is 9.53 Å². The lowest BCUT2D eigenvalue weighted by atomic mass is 9.72. The van der Waals surface area contributed by atoms with Gasteiger partial charge in [-0.2, -0.15) is 0 Å². The van der Waals surface area contributed by atoms with Crippen molar-refractivity contribution >= 4 is 11.6 Å². The zero-order valence-corrected chi connectivity index (χ0v) is 26.4. The van der Waals surface area contributed by atoms with Gasteiger partial charge in [-0.3, -0.25) is 15.0 Å². The van der Waals surface area contributed by atoms with Gasteiger partial charge in [0.1, 0.15) is 0 Å². The largest absolute Gasteiger partial charge is 0.381 e. The van der Waals surface area contributed by atoms with Crippen molar-refractivity contribution in [1.82, 2.24) is 20.7 Å². The smallest absolute Gasteiger partial charge is 0.253 e. The summed E-state index contributed by atoms with van der Waals surface area (Å²) in [6, 6.07) is 6.90. The molecule has 230 valence electrons. The predicted octanol–water partition coefficient (Wildman–Crippen LogP) is 5.25. The Hall–Kier alpha value is -2.68. The number of hydrogen-bond donors (Lipinski definition) is 3. The summed E-state index contributed by atoms with van der Waals surface area (Å²) in [5.41, 5.74) is 10.0. The molecule has 2 aliphatic heterocycles. The van der Waals surface area contributed by atoms with Gasteiger partial charge in [0.05, 0.1) is 0 Å². The summed E-state index contributed by atoms with van der Waals surface area (Å²) in [5.74, 6) is 0.172. The number of nitrogens with one attached hydrogen (secondary N) is 3. The number of rotatable bonds is 7. The molecule has 3 heterocycles. The number of nitrogens with zero attached hydrogens (tertiary/aromatic N) is 2. The van der Waals surface area contributed by atoms with Gasteiger partial charge in [-0.15, -0.1) is 0 Å². The number of amides is 1. The van der Waals surface area contributed by atoms with E-state index in [0.29, 0.717) is 23.1 Å². The number of carbonyl (C=O) groups excluding carboxylic acids is 1. The number of ether oxygens (including phenoxy) is 1. The highest BCUT2D eigenvalue weighted by Crippen LogP contribution is 2.46. The molecule has 3 N–H and O–H groups in total. The van der Waals surface area contributed by atoms with Crippen molar-refractivity contribution in [3.63, 3.8) is 0 Å². The monoisotopic (exact) mass is 577 g/mol. The lowest BCUT2D eigenvalue weighted by Crippen LogP contribution is -2.48. The first-order valence-electron chi connectivity index (χ1n) is 16.2. The molecule has 8 heteroatoms. The second-order valence-electron chi connectivity index (χ2n) is 12.8. The van der Waals surface area contributed by atoms with Gasteiger partial charge in [0.15, 0.2) is 0 Å². The zero-order valence-electron chi connectivity index (χ0n) is 26.4. The number of likely N-dealkylation sites (N-methyl/N-ethyl adjacent to an activating group) is 1. The molecule has 2 saturated heterocycles. The highest BCUT2D eigenvalue weighted by molar-refractivity contribution is 5.97. The van der Waals surface area contributed by atoms with Crippen LogP contribution in [0.5, 0.6) is 0 Å². The topological polar surface area (TPSA) is 89.7 Å². The van der Waals surface area contributed by atoms with Gasteiger partial charge in [0, 0.05) is 79.9 Å². The number of carbonyl (C=O) groups is 1. The molecule has 1 aromatic heterocycles. The van der Waals surface area contributed by atoms with Crippen molar-refractivity contribution in [3.05, 3.63) is 62.1 Å². The first-order valence-corrected chi connectivity index (χ1v) is 16.2. The number of aryl methyl sites for hydroxylation is 2. The van der Waals surface area contributed by atoms with E-state index in [-0.39, 0.29) is 23.6 Å². The van der Waals surface area contributed by atoms with Crippen molar-refractivity contribution in [2.75, 3.05) is 38.3 Å². The third-order valence-electron chi connectivity index (χ3n) is 10.3. The molecule has 0 bridgehead atoms. The summed E-state index contributed by atoms with van der Waals surface area (Å²) < 4.78 is 5.70. The van der Waals surface area contributed by atoms with Crippen LogP contribution >= 0.6 is 0 Å². The van der Waals surface area contributed by atoms with Crippen LogP contribution in [0.25, 0.3) is 0 Å². The minimum atomic E-state index is -0.137. The fraction of sp³-hybridized carbons (Fsp3) is 0.647. The fourth-order valence-electron chi connectivity index (χ4n) is 7.88. The van der Waals surface area contributed by atoms with Crippen LogP contribution in [0, 0.1) is 20.8 Å². The predicted molar refractivity (Wildman–Crippen MR) is 169 cm³/mol. The number of aromatic amines is 1. The number of pyridine rings is 1. The van der Waals surface area contributed by atoms with Crippen molar-refractivity contribution in [1.29, 1.82) is 0 Å². The number of benzene rings is 1. The Bertz CT molecular complexity index is 1310. The van der Waals surface area contributed by atoms with Crippen LogP contribution in [0.15, 0.2) is 23.0 Å². The summed E-state index contributed by atoms with van der Waals surface area (Å²) in [7, 11) is 2.21. The highest BCUT2D eigenvalue weighted by atomic mass is 16.5. The molecular weight excluding hydrogens is 526 g/mol. The molecule has 0 radical (unpaired) electrons. The lowest BCUT2D eigenvalue weighted by Gasteiger charge is -2.42. The number of H-pyrrole nitrogens is 1. The lowest BCUT2D eigenvalue weighted by molar-refractivity contribution is 0.0840. The molecule has 1 aromatic carbocycles. The van der Waals surface area contributed by atoms with Gasteiger partial charge < -0.3 is 19.9 Å². The van der Waals surface area contributed by atoms with Crippen LogP contribution in [0.2, 0.25) is 0 Å². The first-order chi connectivity index (χ1) is 20.2. The maximum atomic E-state index is 14.0. The molecule has 1 saturated carbocycles. The molecule has 1 aliphatic carbocycles. The Morgan fingerprint density at radius 3 is 2.43 bits per heavy atom. The minimum Gasteiger partial charge on any atom is -0.381 e. The second kappa shape index (κ2) is 13.3. The maximum absolute atomic E-state index is 14.0. The van der Waals surface area contributed by atoms with E-state index >= 15 is 0 Å². The Kier molecular flexibility index (Phi) is 9.75.